The van der Waals surface area contributed by atoms with Crippen LogP contribution < -0.4 is 0 Å². The molecule has 1 fully saturated rings. The van der Waals surface area contributed by atoms with Crippen LogP contribution in [0.25, 0.3) is 11.0 Å². The summed E-state index contributed by atoms with van der Waals surface area (Å²) in [5.41, 5.74) is 2.02. The molecule has 0 saturated carbocycles. The molecular weight excluding hydrogens is 214 g/mol. The van der Waals surface area contributed by atoms with Crippen molar-refractivity contribution >= 4 is 16.9 Å². The molecular formula is C13H15N3O. The second-order valence-electron chi connectivity index (χ2n) is 4.47. The minimum absolute atomic E-state index is 0.217. The van der Waals surface area contributed by atoms with Gasteiger partial charge in [0.15, 0.2) is 0 Å². The summed E-state index contributed by atoms with van der Waals surface area (Å²) in [5, 5.41) is 0. The normalized spacial score (nSPS) is 20.4. The number of hydrogen-bond acceptors (Lipinski definition) is 2. The highest BCUT2D eigenvalue weighted by molar-refractivity contribution is 5.80. The number of para-hydroxylation sites is 2. The van der Waals surface area contributed by atoms with Gasteiger partial charge in [-0.2, -0.15) is 0 Å². The summed E-state index contributed by atoms with van der Waals surface area (Å²) in [6, 6.07) is 7.97. The Kier molecular flexibility index (Phi) is 2.35. The van der Waals surface area contributed by atoms with E-state index in [2.05, 4.69) is 9.97 Å². The molecule has 1 saturated heterocycles. The topological polar surface area (TPSA) is 49.0 Å². The van der Waals surface area contributed by atoms with Gasteiger partial charge in [0, 0.05) is 25.4 Å². The van der Waals surface area contributed by atoms with Crippen LogP contribution >= 0.6 is 0 Å². The van der Waals surface area contributed by atoms with Gasteiger partial charge in [-0.15, -0.1) is 0 Å². The van der Waals surface area contributed by atoms with Gasteiger partial charge in [-0.1, -0.05) is 12.1 Å². The van der Waals surface area contributed by atoms with Crippen molar-refractivity contribution in [2.24, 2.45) is 0 Å². The number of carbonyl (C=O) groups is 1. The zero-order valence-electron chi connectivity index (χ0n) is 9.81. The predicted molar refractivity (Wildman–Crippen MR) is 65.7 cm³/mol. The monoisotopic (exact) mass is 229 g/mol. The van der Waals surface area contributed by atoms with Crippen LogP contribution in [0.4, 0.5) is 0 Å². The van der Waals surface area contributed by atoms with Crippen LogP contribution in [0.5, 0.6) is 0 Å². The fourth-order valence-electron chi connectivity index (χ4n) is 2.43. The Morgan fingerprint density at radius 3 is 3.00 bits per heavy atom. The number of rotatable bonds is 2. The molecule has 0 radical (unpaired) electrons. The zero-order chi connectivity index (χ0) is 11.8. The highest BCUT2D eigenvalue weighted by Crippen LogP contribution is 2.27. The van der Waals surface area contributed by atoms with Gasteiger partial charge in [0.05, 0.1) is 11.0 Å². The Bertz CT molecular complexity index is 528. The summed E-state index contributed by atoms with van der Waals surface area (Å²) in [6.07, 6.45) is 0.577. The number of H-pyrrole nitrogens is 1. The number of aromatic nitrogens is 2. The van der Waals surface area contributed by atoms with E-state index in [1.807, 2.05) is 36.1 Å². The minimum atomic E-state index is 0.217. The largest absolute Gasteiger partial charge is 0.342 e. The lowest BCUT2D eigenvalue weighted by molar-refractivity contribution is -0.127. The molecule has 0 bridgehead atoms. The van der Waals surface area contributed by atoms with E-state index in [-0.39, 0.29) is 11.8 Å². The molecule has 4 heteroatoms. The molecule has 1 aliphatic rings. The van der Waals surface area contributed by atoms with E-state index < -0.39 is 0 Å². The summed E-state index contributed by atoms with van der Waals surface area (Å²) in [4.78, 5) is 21.5. The molecule has 2 heterocycles. The molecule has 1 unspecified atom stereocenters. The van der Waals surface area contributed by atoms with Crippen LogP contribution in [0, 0.1) is 0 Å². The fraction of sp³-hybridized carbons (Fsp3) is 0.385. The number of nitrogens with one attached hydrogen (secondary N) is 1. The Morgan fingerprint density at radius 2 is 2.29 bits per heavy atom. The van der Waals surface area contributed by atoms with E-state index in [4.69, 9.17) is 0 Å². The van der Waals surface area contributed by atoms with Gasteiger partial charge in [-0.05, 0) is 19.1 Å². The van der Waals surface area contributed by atoms with E-state index in [1.54, 1.807) is 0 Å². The Balaban J connectivity index is 1.92. The van der Waals surface area contributed by atoms with Gasteiger partial charge in [0.25, 0.3) is 0 Å². The van der Waals surface area contributed by atoms with Crippen LogP contribution in [0.15, 0.2) is 24.3 Å². The molecule has 0 spiro atoms. The van der Waals surface area contributed by atoms with E-state index in [0.717, 1.165) is 29.9 Å². The van der Waals surface area contributed by atoms with Gasteiger partial charge < -0.3 is 9.88 Å². The molecule has 17 heavy (non-hydrogen) atoms. The third kappa shape index (κ3) is 1.69. The molecule has 88 valence electrons. The van der Waals surface area contributed by atoms with Crippen LogP contribution in [-0.2, 0) is 4.79 Å². The third-order valence-electron chi connectivity index (χ3n) is 3.39. The standard InChI is InChI=1S/C13H15N3O/c1-2-16-8-9(7-12(16)17)13-14-10-5-3-4-6-11(10)15-13/h3-6,9H,2,7-8H2,1H3,(H,14,15). The van der Waals surface area contributed by atoms with Crippen molar-refractivity contribution in [1.29, 1.82) is 0 Å². The van der Waals surface area contributed by atoms with Gasteiger partial charge in [-0.25, -0.2) is 4.98 Å². The smallest absolute Gasteiger partial charge is 0.223 e. The number of carbonyl (C=O) groups excluding carboxylic acids is 1. The Labute approximate surface area is 99.6 Å². The maximum Gasteiger partial charge on any atom is 0.223 e. The van der Waals surface area contributed by atoms with Crippen LogP contribution in [0.1, 0.15) is 25.1 Å². The quantitative estimate of drug-likeness (QED) is 0.855. The van der Waals surface area contributed by atoms with Crippen molar-refractivity contribution in [1.82, 2.24) is 14.9 Å². The van der Waals surface area contributed by atoms with Crippen molar-refractivity contribution in [2.45, 2.75) is 19.3 Å². The van der Waals surface area contributed by atoms with Crippen molar-refractivity contribution in [3.05, 3.63) is 30.1 Å². The first kappa shape index (κ1) is 10.3. The molecule has 4 nitrogen and oxygen atoms in total. The molecule has 1 N–H and O–H groups in total. The predicted octanol–water partition coefficient (Wildman–Crippen LogP) is 1.90. The number of hydrogen-bond donors (Lipinski definition) is 1. The molecule has 0 aliphatic carbocycles. The second-order valence-corrected chi connectivity index (χ2v) is 4.47. The number of aromatic amines is 1. The van der Waals surface area contributed by atoms with Crippen molar-refractivity contribution < 1.29 is 4.79 Å². The number of imidazole rings is 1. The van der Waals surface area contributed by atoms with Crippen LogP contribution in [0.3, 0.4) is 0 Å². The second kappa shape index (κ2) is 3.87. The lowest BCUT2D eigenvalue weighted by Gasteiger charge is -2.12. The summed E-state index contributed by atoms with van der Waals surface area (Å²) < 4.78 is 0. The van der Waals surface area contributed by atoms with E-state index in [0.29, 0.717) is 6.42 Å². The number of amides is 1. The van der Waals surface area contributed by atoms with Gasteiger partial charge in [-0.3, -0.25) is 4.79 Å². The van der Waals surface area contributed by atoms with Gasteiger partial charge >= 0.3 is 0 Å². The molecule has 1 aromatic carbocycles. The average Bonchev–Trinajstić information content (AvgIpc) is 2.91. The van der Waals surface area contributed by atoms with Crippen LogP contribution in [0.2, 0.25) is 0 Å². The first-order valence-electron chi connectivity index (χ1n) is 6.00. The summed E-state index contributed by atoms with van der Waals surface area (Å²) in [7, 11) is 0. The molecule has 1 aromatic heterocycles. The average molecular weight is 229 g/mol. The lowest BCUT2D eigenvalue weighted by atomic mass is 10.1. The van der Waals surface area contributed by atoms with Gasteiger partial charge in [0.2, 0.25) is 5.91 Å². The highest BCUT2D eigenvalue weighted by Gasteiger charge is 2.31. The van der Waals surface area contributed by atoms with E-state index >= 15 is 0 Å². The number of benzene rings is 1. The molecule has 1 aliphatic heterocycles. The van der Waals surface area contributed by atoms with Gasteiger partial charge in [0.1, 0.15) is 5.82 Å². The van der Waals surface area contributed by atoms with E-state index in [1.165, 1.54) is 0 Å². The first-order valence-corrected chi connectivity index (χ1v) is 6.00. The third-order valence-corrected chi connectivity index (χ3v) is 3.39. The number of fused-ring (bicyclic) bond motifs is 1. The molecule has 3 rings (SSSR count). The molecule has 1 atom stereocenters. The molecule has 2 aromatic rings. The lowest BCUT2D eigenvalue weighted by Crippen LogP contribution is -2.24. The number of likely N-dealkylation sites (N-methyl/N-ethyl adjacent to an activating group) is 1. The highest BCUT2D eigenvalue weighted by atomic mass is 16.2. The van der Waals surface area contributed by atoms with Crippen molar-refractivity contribution in [2.75, 3.05) is 13.1 Å². The zero-order valence-corrected chi connectivity index (χ0v) is 9.81. The number of likely N-dealkylation sites (tertiary alicyclic amines) is 1. The SMILES string of the molecule is CCN1CC(c2nc3ccccc3[nH]2)CC1=O. The van der Waals surface area contributed by atoms with Crippen LogP contribution in [-0.4, -0.2) is 33.9 Å². The maximum atomic E-state index is 11.7. The summed E-state index contributed by atoms with van der Waals surface area (Å²) >= 11 is 0. The van der Waals surface area contributed by atoms with Crippen molar-refractivity contribution in [3.8, 4) is 0 Å². The first-order chi connectivity index (χ1) is 8.28. The maximum absolute atomic E-state index is 11.7. The number of nitrogens with zero attached hydrogens (tertiary/aromatic N) is 2. The van der Waals surface area contributed by atoms with E-state index in [9.17, 15) is 4.79 Å². The fourth-order valence-corrected chi connectivity index (χ4v) is 2.43. The minimum Gasteiger partial charge on any atom is -0.342 e. The van der Waals surface area contributed by atoms with Crippen molar-refractivity contribution in [3.63, 3.8) is 0 Å². The Morgan fingerprint density at radius 1 is 1.47 bits per heavy atom. The molecule has 1 amide bonds. The summed E-state index contributed by atoms with van der Waals surface area (Å²) in [6.45, 7) is 3.59. The Hall–Kier alpha value is -1.84. The summed E-state index contributed by atoms with van der Waals surface area (Å²) in [5.74, 6) is 1.39.